The molecule has 0 bridgehead atoms. The molecule has 2 spiro atoms. The summed E-state index contributed by atoms with van der Waals surface area (Å²) in [4.78, 5) is 161. The van der Waals surface area contributed by atoms with Gasteiger partial charge in [-0.15, -0.1) is 0 Å². The molecule has 6 saturated heterocycles. The minimum Gasteiger partial charge on any atom is -0.358 e. The van der Waals surface area contributed by atoms with Gasteiger partial charge in [-0.25, -0.2) is 38.7 Å². The van der Waals surface area contributed by atoms with Crippen molar-refractivity contribution < 1.29 is 64.7 Å². The highest BCUT2D eigenvalue weighted by Crippen LogP contribution is 2.45. The first-order valence-electron chi connectivity index (χ1n) is 49.2. The molecule has 34 nitrogen and oxygen atoms in total. The van der Waals surface area contributed by atoms with Gasteiger partial charge in [0, 0.05) is 210 Å². The summed E-state index contributed by atoms with van der Waals surface area (Å²) < 4.78 is 84.4. The van der Waals surface area contributed by atoms with Crippen molar-refractivity contribution in [3.05, 3.63) is 351 Å². The SMILES string of the molecule is O=C(c1cc(-c2ccncc2)n(-c2ccc(C(F)(F)F)nc2)n1)N1CCC(N2C(=O)Cc3ccccc32)CC1.O=C(c1cc(-c2ccncc2)n(-c2ccc(C(F)(F)F)nc2)n1)N1CCC2(CC1)C(=O)CCN2c1ccccc1.O=C(c1cc(-c2ccncc2)n(-c2cnccn2)n1)N1CCC(N2C(=O)Cc3ccccc32)CC1.O=C(c1cc(-c2ccncc2)n(-c2cnccn2)n1)N1CCC2(CC1)C(=O)CCN2c1ccccc1. The number of fused-ring (bicyclic) bond motifs is 2. The zero-order chi connectivity index (χ0) is 103. The Bertz CT molecular complexity index is 7510. The van der Waals surface area contributed by atoms with Gasteiger partial charge in [0.2, 0.25) is 11.8 Å². The predicted molar refractivity (Wildman–Crippen MR) is 540 cm³/mol. The van der Waals surface area contributed by atoms with Crippen molar-refractivity contribution in [2.45, 2.75) is 113 Å². The van der Waals surface area contributed by atoms with Crippen molar-refractivity contribution in [2.75, 3.05) is 85.0 Å². The fourth-order valence-corrected chi connectivity index (χ4v) is 21.3. The number of pyridine rings is 6. The zero-order valence-corrected chi connectivity index (χ0v) is 80.7. The topological polar surface area (TPSA) is 363 Å². The molecule has 6 fully saturated rings. The van der Waals surface area contributed by atoms with E-state index in [1.807, 2.05) is 136 Å². The molecule has 16 aromatic rings. The first-order chi connectivity index (χ1) is 72.9. The minimum atomic E-state index is -4.57. The van der Waals surface area contributed by atoms with E-state index in [-0.39, 0.29) is 76.2 Å². The van der Waals surface area contributed by atoms with Crippen molar-refractivity contribution >= 4 is 69.8 Å². The second-order valence-corrected chi connectivity index (χ2v) is 37.3. The van der Waals surface area contributed by atoms with E-state index < -0.39 is 34.8 Å². The van der Waals surface area contributed by atoms with Gasteiger partial charge in [-0.2, -0.15) is 46.7 Å². The van der Waals surface area contributed by atoms with E-state index in [1.54, 1.807) is 159 Å². The number of benzene rings is 4. The normalized spacial score (nSPS) is 16.5. The van der Waals surface area contributed by atoms with E-state index in [9.17, 15) is 64.7 Å². The van der Waals surface area contributed by atoms with E-state index in [1.165, 1.54) is 21.5 Å². The second kappa shape index (κ2) is 41.9. The number of ketones is 2. The number of aromatic nitrogens is 18. The lowest BCUT2D eigenvalue weighted by molar-refractivity contribution is -0.141. The highest BCUT2D eigenvalue weighted by Gasteiger charge is 2.53. The Morgan fingerprint density at radius 3 is 0.913 bits per heavy atom. The van der Waals surface area contributed by atoms with E-state index in [2.05, 4.69) is 92.2 Å². The molecule has 20 heterocycles. The predicted octanol–water partition coefficient (Wildman–Crippen LogP) is 15.4. The molecule has 0 radical (unpaired) electrons. The van der Waals surface area contributed by atoms with Gasteiger partial charge in [0.25, 0.3) is 23.6 Å². The lowest BCUT2D eigenvalue weighted by Gasteiger charge is -2.44. The van der Waals surface area contributed by atoms with Gasteiger partial charge in [0.1, 0.15) is 22.5 Å². The molecule has 0 atom stereocenters. The Morgan fingerprint density at radius 2 is 0.607 bits per heavy atom. The first-order valence-corrected chi connectivity index (χ1v) is 49.2. The lowest BCUT2D eigenvalue weighted by Crippen LogP contribution is -2.56. The largest absolute Gasteiger partial charge is 0.433 e. The van der Waals surface area contributed by atoms with Crippen LogP contribution in [0.2, 0.25) is 0 Å². The summed E-state index contributed by atoms with van der Waals surface area (Å²) >= 11 is 0. The molecule has 756 valence electrons. The lowest BCUT2D eigenvalue weighted by atomic mass is 9.83. The van der Waals surface area contributed by atoms with Crippen LogP contribution >= 0.6 is 0 Å². The number of carbonyl (C=O) groups excluding carboxylic acids is 8. The molecule has 0 unspecified atom stereocenters. The summed E-state index contributed by atoms with van der Waals surface area (Å²) in [6, 6.07) is 61.3. The maximum absolute atomic E-state index is 13.6. The van der Waals surface area contributed by atoms with Crippen molar-refractivity contribution in [3.8, 4) is 68.0 Å². The summed E-state index contributed by atoms with van der Waals surface area (Å²) in [7, 11) is 0. The third-order valence-electron chi connectivity index (χ3n) is 28.8. The van der Waals surface area contributed by atoms with Gasteiger partial charge < -0.3 is 39.2 Å². The number of hydrogen-bond acceptors (Lipinski definition) is 24. The highest BCUT2D eigenvalue weighted by molar-refractivity contribution is 6.04. The Kier molecular flexibility index (Phi) is 27.4. The molecule has 8 aliphatic heterocycles. The molecule has 150 heavy (non-hydrogen) atoms. The monoisotopic (exact) mass is 2020 g/mol. The van der Waals surface area contributed by atoms with Crippen LogP contribution in [0.1, 0.15) is 129 Å². The fraction of sp³-hybridized carbons (Fsp3) is 0.255. The van der Waals surface area contributed by atoms with E-state index in [0.717, 1.165) is 93.8 Å². The standard InChI is InChI=1S/C29H25F3N6O2.C28H23F3N6O2.C27H25N7O2.C26H23N7O2/c30-29(31,32)25-7-6-22(19-34-25)38-24(20-8-13-33-14-9-20)18-23(35-38)27(40)36-16-11-28(12-17-36)26(39)10-15-37(28)21-4-2-1-3-5-21;29-28(30,31)25-6-5-21(17-33-25)37-24(18-7-11-32-12-8-18)16-22(34-37)27(39)35-13-9-20(10-14-35)36-23-4-2-1-3-19(23)15-26(36)38;35-24-8-15-33(21-4-2-1-3-5-21)27(24)9-16-32(17-10-27)26(36)22-18-23(20-6-11-28-12-7-20)34(31-22)25-19-29-13-14-30-25;34-25-15-19-3-1-2-4-22(19)32(25)20-7-13-31(14-8-20)26(35)21-16-23(18-5-9-27-10-6-18)33(30-21)24-17-28-11-12-29-24/h1-9,13-14,18-19H,10-12,15-17H2;1-8,11-12,16-17,20H,9-10,13-15H2;1-7,11-14,18-19H,8-10,15-17H2;1-6,9-12,16-17,20H,7-8,13-15H2. The number of piperidine rings is 4. The van der Waals surface area contributed by atoms with Crippen LogP contribution in [0.4, 0.5) is 49.1 Å². The van der Waals surface area contributed by atoms with Crippen molar-refractivity contribution in [3.63, 3.8) is 0 Å². The number of hydrogen-bond donors (Lipinski definition) is 0. The third-order valence-corrected chi connectivity index (χ3v) is 28.8. The molecule has 4 aromatic carbocycles. The number of amides is 6. The van der Waals surface area contributed by atoms with Gasteiger partial charge in [-0.1, -0.05) is 72.8 Å². The van der Waals surface area contributed by atoms with Gasteiger partial charge in [0.05, 0.1) is 71.8 Å². The summed E-state index contributed by atoms with van der Waals surface area (Å²) in [6.45, 7) is 5.17. The number of rotatable bonds is 16. The molecule has 0 N–H and O–H groups in total. The average molecular weight is 2020 g/mol. The van der Waals surface area contributed by atoms with Crippen LogP contribution < -0.4 is 19.6 Å². The maximum atomic E-state index is 13.6. The van der Waals surface area contributed by atoms with Gasteiger partial charge >= 0.3 is 12.4 Å². The number of alkyl halides is 6. The highest BCUT2D eigenvalue weighted by atomic mass is 19.4. The van der Waals surface area contributed by atoms with E-state index >= 15 is 0 Å². The van der Waals surface area contributed by atoms with Crippen LogP contribution in [0.3, 0.4) is 0 Å². The molecule has 24 rings (SSSR count). The van der Waals surface area contributed by atoms with Crippen molar-refractivity contribution in [1.29, 1.82) is 0 Å². The molecular formula is C110H96F6N26O8. The molecule has 8 aliphatic rings. The van der Waals surface area contributed by atoms with Gasteiger partial charge in [-0.3, -0.25) is 68.3 Å². The van der Waals surface area contributed by atoms with Crippen molar-refractivity contribution in [2.24, 2.45) is 0 Å². The van der Waals surface area contributed by atoms with E-state index in [0.29, 0.717) is 181 Å². The molecule has 0 aliphatic carbocycles. The summed E-state index contributed by atoms with van der Waals surface area (Å²) in [5.41, 5.74) is 10.1. The number of likely N-dealkylation sites (tertiary alicyclic amines) is 4. The molecule has 0 saturated carbocycles. The van der Waals surface area contributed by atoms with Crippen LogP contribution in [0.25, 0.3) is 68.0 Å². The third kappa shape index (κ3) is 19.9. The van der Waals surface area contributed by atoms with Crippen LogP contribution in [-0.4, -0.2) is 244 Å². The van der Waals surface area contributed by atoms with Gasteiger partial charge in [0.15, 0.2) is 46.0 Å². The Hall–Kier alpha value is -17.9. The molecule has 40 heteroatoms. The smallest absolute Gasteiger partial charge is 0.358 e. The van der Waals surface area contributed by atoms with Crippen molar-refractivity contribution in [1.82, 2.24) is 109 Å². The summed E-state index contributed by atoms with van der Waals surface area (Å²) in [6.07, 6.45) is 22.6. The second-order valence-electron chi connectivity index (χ2n) is 37.3. The summed E-state index contributed by atoms with van der Waals surface area (Å²) in [5, 5.41) is 18.2. The Balaban J connectivity index is 0.000000117. The maximum Gasteiger partial charge on any atom is 0.433 e. The molecule has 6 amide bonds. The van der Waals surface area contributed by atoms with Crippen LogP contribution in [0.15, 0.2) is 305 Å². The quantitative estimate of drug-likeness (QED) is 0.0811. The average Bonchev–Trinajstić information content (AvgIpc) is 1.59. The summed E-state index contributed by atoms with van der Waals surface area (Å²) in [5.74, 6) is 0.866. The molecule has 12 aromatic heterocycles. The number of carbonyl (C=O) groups is 8. The number of halogens is 6. The number of anilines is 4. The number of nitrogens with zero attached hydrogens (tertiary/aromatic N) is 26. The number of Topliss-reactive ketones (excluding diaryl/α,β-unsaturated/α-hetero) is 2. The van der Waals surface area contributed by atoms with Crippen LogP contribution in [0.5, 0.6) is 0 Å². The minimum absolute atomic E-state index is 0.00774. The Labute approximate surface area is 854 Å². The van der Waals surface area contributed by atoms with Gasteiger partial charge in [-0.05, 0) is 196 Å². The first kappa shape index (κ1) is 98.2. The van der Waals surface area contributed by atoms with Crippen LogP contribution in [0, 0.1) is 0 Å². The fourth-order valence-electron chi connectivity index (χ4n) is 21.3. The zero-order valence-electron chi connectivity index (χ0n) is 80.7. The molecular weight excluding hydrogens is 1930 g/mol. The van der Waals surface area contributed by atoms with E-state index in [4.69, 9.17) is 0 Å². The number of para-hydroxylation sites is 4. The van der Waals surface area contributed by atoms with Crippen LogP contribution in [-0.2, 0) is 44.4 Å². The Morgan fingerprint density at radius 1 is 0.300 bits per heavy atom.